The van der Waals surface area contributed by atoms with Crippen LogP contribution < -0.4 is 4.74 Å². The molecule has 0 saturated heterocycles. The molecule has 1 atom stereocenters. The second kappa shape index (κ2) is 4.84. The number of benzene rings is 1. The van der Waals surface area contributed by atoms with Gasteiger partial charge in [-0.05, 0) is 24.8 Å². The van der Waals surface area contributed by atoms with E-state index in [1.54, 1.807) is 0 Å². The number of hydrogen-bond acceptors (Lipinski definition) is 3. The zero-order valence-corrected chi connectivity index (χ0v) is 10.0. The van der Waals surface area contributed by atoms with Crippen LogP contribution in [0, 0.1) is 11.7 Å². The van der Waals surface area contributed by atoms with Gasteiger partial charge in [-0.3, -0.25) is 4.79 Å². The molecule has 1 aromatic rings. The van der Waals surface area contributed by atoms with Gasteiger partial charge in [0.15, 0.2) is 17.3 Å². The maximum Gasteiger partial charge on any atom is 0.303 e. The first-order valence-corrected chi connectivity index (χ1v) is 5.81. The maximum absolute atomic E-state index is 13.2. The lowest BCUT2D eigenvalue weighted by atomic mass is 9.90. The van der Waals surface area contributed by atoms with Crippen molar-refractivity contribution >= 4 is 5.97 Å². The molecule has 4 nitrogen and oxygen atoms in total. The van der Waals surface area contributed by atoms with Crippen LogP contribution in [-0.4, -0.2) is 23.3 Å². The number of carbonyl (C=O) groups is 1. The third-order valence-corrected chi connectivity index (χ3v) is 3.30. The quantitative estimate of drug-likeness (QED) is 0.847. The van der Waals surface area contributed by atoms with Crippen molar-refractivity contribution in [1.82, 2.24) is 0 Å². The summed E-state index contributed by atoms with van der Waals surface area (Å²) in [6, 6.07) is 2.64. The molecule has 98 valence electrons. The molecule has 1 fully saturated rings. The molecule has 2 rings (SSSR count). The molecule has 0 aromatic heterocycles. The second-order valence-corrected chi connectivity index (χ2v) is 4.56. The summed E-state index contributed by atoms with van der Waals surface area (Å²) in [4.78, 5) is 10.9. The van der Waals surface area contributed by atoms with Crippen molar-refractivity contribution in [3.05, 3.63) is 23.5 Å². The van der Waals surface area contributed by atoms with Crippen molar-refractivity contribution in [1.29, 1.82) is 0 Å². The van der Waals surface area contributed by atoms with E-state index in [9.17, 15) is 14.3 Å². The van der Waals surface area contributed by atoms with Crippen LogP contribution in [0.25, 0.3) is 0 Å². The topological polar surface area (TPSA) is 66.8 Å². The van der Waals surface area contributed by atoms with Gasteiger partial charge >= 0.3 is 5.97 Å². The summed E-state index contributed by atoms with van der Waals surface area (Å²) < 4.78 is 18.3. The smallest absolute Gasteiger partial charge is 0.303 e. The Morgan fingerprint density at radius 3 is 2.72 bits per heavy atom. The molecule has 1 aromatic carbocycles. The van der Waals surface area contributed by atoms with Gasteiger partial charge in [-0.25, -0.2) is 4.39 Å². The van der Waals surface area contributed by atoms with Crippen LogP contribution in [0.15, 0.2) is 12.1 Å². The van der Waals surface area contributed by atoms with E-state index in [-0.39, 0.29) is 24.0 Å². The fraction of sp³-hybridized carbons (Fsp3) is 0.462. The van der Waals surface area contributed by atoms with Gasteiger partial charge in [0.1, 0.15) is 0 Å². The van der Waals surface area contributed by atoms with E-state index in [1.165, 1.54) is 13.2 Å². The number of rotatable bonds is 5. The van der Waals surface area contributed by atoms with Gasteiger partial charge in [-0.2, -0.15) is 0 Å². The van der Waals surface area contributed by atoms with Crippen molar-refractivity contribution in [2.75, 3.05) is 7.11 Å². The summed E-state index contributed by atoms with van der Waals surface area (Å²) in [6.07, 6.45) is 1.88. The number of halogens is 1. The monoisotopic (exact) mass is 254 g/mol. The second-order valence-electron chi connectivity index (χ2n) is 4.56. The van der Waals surface area contributed by atoms with Gasteiger partial charge in [0.05, 0.1) is 13.5 Å². The molecule has 1 aliphatic rings. The van der Waals surface area contributed by atoms with Crippen LogP contribution in [0.5, 0.6) is 11.5 Å². The number of carboxylic acid groups (broad SMARTS) is 1. The highest BCUT2D eigenvalue weighted by molar-refractivity contribution is 5.69. The molecule has 0 heterocycles. The third-order valence-electron chi connectivity index (χ3n) is 3.30. The summed E-state index contributed by atoms with van der Waals surface area (Å²) in [5.41, 5.74) is 0.571. The Kier molecular flexibility index (Phi) is 3.41. The van der Waals surface area contributed by atoms with Gasteiger partial charge in [-0.1, -0.05) is 6.07 Å². The molecule has 0 aliphatic heterocycles. The van der Waals surface area contributed by atoms with E-state index in [2.05, 4.69) is 0 Å². The molecular weight excluding hydrogens is 239 g/mol. The number of phenols is 1. The summed E-state index contributed by atoms with van der Waals surface area (Å²) in [5.74, 6) is -2.12. The molecule has 18 heavy (non-hydrogen) atoms. The Morgan fingerprint density at radius 2 is 2.22 bits per heavy atom. The molecule has 0 bridgehead atoms. The zero-order chi connectivity index (χ0) is 13.3. The summed E-state index contributed by atoms with van der Waals surface area (Å²) in [7, 11) is 1.34. The molecule has 0 spiro atoms. The lowest BCUT2D eigenvalue weighted by Crippen LogP contribution is -2.10. The van der Waals surface area contributed by atoms with Crippen molar-refractivity contribution < 1.29 is 24.1 Å². The first kappa shape index (κ1) is 12.7. The molecule has 5 heteroatoms. The third kappa shape index (κ3) is 2.39. The van der Waals surface area contributed by atoms with Gasteiger partial charge in [0.2, 0.25) is 0 Å². The lowest BCUT2D eigenvalue weighted by molar-refractivity contribution is -0.137. The predicted molar refractivity (Wildman–Crippen MR) is 62.3 cm³/mol. The highest BCUT2D eigenvalue weighted by Gasteiger charge is 2.36. The van der Waals surface area contributed by atoms with E-state index >= 15 is 0 Å². The Balaban J connectivity index is 2.40. The minimum absolute atomic E-state index is 0.0356. The van der Waals surface area contributed by atoms with Crippen LogP contribution in [-0.2, 0) is 4.79 Å². The van der Waals surface area contributed by atoms with Crippen LogP contribution in [0.2, 0.25) is 0 Å². The molecular formula is C13H15FO4. The van der Waals surface area contributed by atoms with E-state index in [4.69, 9.17) is 9.84 Å². The summed E-state index contributed by atoms with van der Waals surface area (Å²) in [6.45, 7) is 0. The van der Waals surface area contributed by atoms with Gasteiger partial charge in [0, 0.05) is 11.5 Å². The SMILES string of the molecule is COc1c(C(CC(=O)O)C2CC2)ccc(F)c1O. The number of carboxylic acids is 1. The molecule has 0 amide bonds. The number of aromatic hydroxyl groups is 1. The fourth-order valence-electron chi connectivity index (χ4n) is 2.29. The van der Waals surface area contributed by atoms with Crippen LogP contribution >= 0.6 is 0 Å². The normalized spacial score (nSPS) is 16.3. The Morgan fingerprint density at radius 1 is 1.56 bits per heavy atom. The van der Waals surface area contributed by atoms with E-state index in [0.29, 0.717) is 5.56 Å². The highest BCUT2D eigenvalue weighted by atomic mass is 19.1. The number of phenolic OH excluding ortho intramolecular Hbond substituents is 1. The molecule has 0 radical (unpaired) electrons. The molecule has 1 aliphatic carbocycles. The minimum atomic E-state index is -0.905. The molecule has 2 N–H and O–H groups in total. The fourth-order valence-corrected chi connectivity index (χ4v) is 2.29. The lowest BCUT2D eigenvalue weighted by Gasteiger charge is -2.18. The van der Waals surface area contributed by atoms with E-state index < -0.39 is 17.5 Å². The number of ether oxygens (including phenoxy) is 1. The summed E-state index contributed by atoms with van der Waals surface area (Å²) in [5, 5.41) is 18.5. The van der Waals surface area contributed by atoms with Crippen LogP contribution in [0.1, 0.15) is 30.7 Å². The maximum atomic E-state index is 13.2. The average molecular weight is 254 g/mol. The Hall–Kier alpha value is -1.78. The average Bonchev–Trinajstić information content (AvgIpc) is 3.13. The van der Waals surface area contributed by atoms with Crippen molar-refractivity contribution in [2.24, 2.45) is 5.92 Å². The zero-order valence-electron chi connectivity index (χ0n) is 10.0. The first-order valence-electron chi connectivity index (χ1n) is 5.81. The molecule has 1 saturated carbocycles. The van der Waals surface area contributed by atoms with E-state index in [0.717, 1.165) is 18.9 Å². The highest BCUT2D eigenvalue weighted by Crippen LogP contribution is 2.49. The van der Waals surface area contributed by atoms with Crippen LogP contribution in [0.3, 0.4) is 0 Å². The number of aliphatic carboxylic acids is 1. The minimum Gasteiger partial charge on any atom is -0.502 e. The number of hydrogen-bond donors (Lipinski definition) is 2. The standard InChI is InChI=1S/C13H15FO4/c1-18-13-8(4-5-10(14)12(13)17)9(6-11(15)16)7-2-3-7/h4-5,7,9,17H,2-3,6H2,1H3,(H,15,16). The number of methoxy groups -OCH3 is 1. The Labute approximate surface area is 104 Å². The van der Waals surface area contributed by atoms with Crippen molar-refractivity contribution in [3.8, 4) is 11.5 Å². The Bertz CT molecular complexity index is 468. The predicted octanol–water partition coefficient (Wildman–Crippen LogP) is 2.51. The van der Waals surface area contributed by atoms with Crippen LogP contribution in [0.4, 0.5) is 4.39 Å². The van der Waals surface area contributed by atoms with Gasteiger partial charge in [-0.15, -0.1) is 0 Å². The first-order chi connectivity index (χ1) is 8.54. The largest absolute Gasteiger partial charge is 0.502 e. The van der Waals surface area contributed by atoms with Gasteiger partial charge < -0.3 is 14.9 Å². The summed E-state index contributed by atoms with van der Waals surface area (Å²) >= 11 is 0. The van der Waals surface area contributed by atoms with Crippen molar-refractivity contribution in [3.63, 3.8) is 0 Å². The van der Waals surface area contributed by atoms with E-state index in [1.807, 2.05) is 0 Å². The van der Waals surface area contributed by atoms with Gasteiger partial charge in [0.25, 0.3) is 0 Å². The molecule has 1 unspecified atom stereocenters. The van der Waals surface area contributed by atoms with Crippen molar-refractivity contribution in [2.45, 2.75) is 25.2 Å².